The van der Waals surface area contributed by atoms with Gasteiger partial charge in [-0.2, -0.15) is 0 Å². The molecule has 0 amide bonds. The first-order chi connectivity index (χ1) is 8.94. The molecule has 1 aromatic rings. The highest BCUT2D eigenvalue weighted by Crippen LogP contribution is 2.30. The van der Waals surface area contributed by atoms with Crippen molar-refractivity contribution in [3.05, 3.63) is 29.3 Å². The van der Waals surface area contributed by atoms with Crippen LogP contribution in [0.4, 0.5) is 0 Å². The molecule has 2 rings (SSSR count). The van der Waals surface area contributed by atoms with Crippen LogP contribution in [0.25, 0.3) is 0 Å². The summed E-state index contributed by atoms with van der Waals surface area (Å²) >= 11 is 0. The zero-order valence-corrected chi connectivity index (χ0v) is 11.8. The average molecular weight is 263 g/mol. The molecular weight excluding hydrogens is 242 g/mol. The molecule has 0 radical (unpaired) electrons. The Morgan fingerprint density at radius 2 is 2.21 bits per heavy atom. The van der Waals surface area contributed by atoms with Crippen molar-refractivity contribution in [2.24, 2.45) is 0 Å². The molecule has 0 unspecified atom stereocenters. The zero-order valence-electron chi connectivity index (χ0n) is 11.8. The van der Waals surface area contributed by atoms with Crippen LogP contribution in [0.3, 0.4) is 0 Å². The smallest absolute Gasteiger partial charge is 0.339 e. The van der Waals surface area contributed by atoms with E-state index in [1.165, 1.54) is 20.0 Å². The molecule has 0 aromatic heterocycles. The van der Waals surface area contributed by atoms with Crippen molar-refractivity contribution in [2.45, 2.75) is 38.8 Å². The van der Waals surface area contributed by atoms with Crippen LogP contribution in [0, 0.1) is 0 Å². The molecule has 104 valence electrons. The van der Waals surface area contributed by atoms with Crippen molar-refractivity contribution < 1.29 is 14.6 Å². The van der Waals surface area contributed by atoms with E-state index in [0.717, 1.165) is 18.7 Å². The molecule has 19 heavy (non-hydrogen) atoms. The minimum atomic E-state index is -0.954. The number of carboxylic acids is 1. The largest absolute Gasteiger partial charge is 0.496 e. The van der Waals surface area contributed by atoms with Crippen molar-refractivity contribution in [1.82, 2.24) is 4.90 Å². The molecule has 0 spiro atoms. The molecule has 1 aliphatic rings. The molecule has 1 aliphatic heterocycles. The summed E-state index contributed by atoms with van der Waals surface area (Å²) in [6, 6.07) is 5.33. The van der Waals surface area contributed by atoms with Crippen molar-refractivity contribution in [2.75, 3.05) is 13.7 Å². The number of carboxylic acid groups (broad SMARTS) is 1. The average Bonchev–Trinajstić information content (AvgIpc) is 2.68. The fraction of sp³-hybridized carbons (Fsp3) is 0.533. The predicted octanol–water partition coefficient (Wildman–Crippen LogP) is 2.77. The Morgan fingerprint density at radius 1 is 1.47 bits per heavy atom. The summed E-state index contributed by atoms with van der Waals surface area (Å²) < 4.78 is 5.16. The van der Waals surface area contributed by atoms with Gasteiger partial charge in [0.1, 0.15) is 11.3 Å². The van der Waals surface area contributed by atoms with Gasteiger partial charge in [0.25, 0.3) is 0 Å². The monoisotopic (exact) mass is 263 g/mol. The summed E-state index contributed by atoms with van der Waals surface area (Å²) in [7, 11) is 1.51. The number of hydrogen-bond acceptors (Lipinski definition) is 3. The van der Waals surface area contributed by atoms with E-state index >= 15 is 0 Å². The van der Waals surface area contributed by atoms with Crippen LogP contribution in [0.15, 0.2) is 18.2 Å². The van der Waals surface area contributed by atoms with Crippen LogP contribution >= 0.6 is 0 Å². The second-order valence-corrected chi connectivity index (χ2v) is 5.68. The third kappa shape index (κ3) is 2.89. The van der Waals surface area contributed by atoms with Gasteiger partial charge in [-0.05, 0) is 50.9 Å². The Balaban J connectivity index is 2.20. The lowest BCUT2D eigenvalue weighted by atomic mass is 10.0. The van der Waals surface area contributed by atoms with Crippen molar-refractivity contribution in [1.29, 1.82) is 0 Å². The second-order valence-electron chi connectivity index (χ2n) is 5.68. The summed E-state index contributed by atoms with van der Waals surface area (Å²) in [4.78, 5) is 13.5. The first-order valence-electron chi connectivity index (χ1n) is 6.59. The summed E-state index contributed by atoms with van der Waals surface area (Å²) in [5, 5.41) is 9.06. The minimum absolute atomic E-state index is 0.215. The van der Waals surface area contributed by atoms with Gasteiger partial charge < -0.3 is 9.84 Å². The maximum Gasteiger partial charge on any atom is 0.339 e. The van der Waals surface area contributed by atoms with Crippen molar-refractivity contribution in [3.63, 3.8) is 0 Å². The highest BCUT2D eigenvalue weighted by Gasteiger charge is 2.31. The number of hydrogen-bond donors (Lipinski definition) is 1. The van der Waals surface area contributed by atoms with Gasteiger partial charge in [0.2, 0.25) is 0 Å². The third-order valence-electron chi connectivity index (χ3n) is 3.94. The fourth-order valence-corrected chi connectivity index (χ4v) is 2.69. The number of nitrogens with zero attached hydrogens (tertiary/aromatic N) is 1. The first-order valence-corrected chi connectivity index (χ1v) is 6.59. The summed E-state index contributed by atoms with van der Waals surface area (Å²) in [6.07, 6.45) is 2.43. The van der Waals surface area contributed by atoms with E-state index < -0.39 is 5.97 Å². The number of methoxy groups -OCH3 is 1. The van der Waals surface area contributed by atoms with Crippen molar-refractivity contribution in [3.8, 4) is 5.75 Å². The van der Waals surface area contributed by atoms with Gasteiger partial charge in [0.05, 0.1) is 7.11 Å². The Morgan fingerprint density at radius 3 is 2.74 bits per heavy atom. The Kier molecular flexibility index (Phi) is 3.80. The van der Waals surface area contributed by atoms with E-state index in [1.807, 2.05) is 12.1 Å². The number of aromatic carboxylic acids is 1. The maximum atomic E-state index is 11.0. The van der Waals surface area contributed by atoms with Crippen LogP contribution in [-0.2, 0) is 6.54 Å². The van der Waals surface area contributed by atoms with Crippen LogP contribution < -0.4 is 4.74 Å². The maximum absolute atomic E-state index is 11.0. The van der Waals surface area contributed by atoms with E-state index in [-0.39, 0.29) is 11.1 Å². The van der Waals surface area contributed by atoms with Gasteiger partial charge in [-0.15, -0.1) is 0 Å². The number of carbonyl (C=O) groups is 1. The second kappa shape index (κ2) is 5.21. The topological polar surface area (TPSA) is 49.8 Å². The molecule has 4 heteroatoms. The molecule has 1 heterocycles. The summed E-state index contributed by atoms with van der Waals surface area (Å²) in [5.74, 6) is -0.521. The first kappa shape index (κ1) is 13.9. The van der Waals surface area contributed by atoms with Gasteiger partial charge in [-0.1, -0.05) is 6.07 Å². The Labute approximate surface area is 114 Å². The quantitative estimate of drug-likeness (QED) is 0.907. The van der Waals surface area contributed by atoms with Gasteiger partial charge >= 0.3 is 5.97 Å². The predicted molar refractivity (Wildman–Crippen MR) is 73.7 cm³/mol. The fourth-order valence-electron chi connectivity index (χ4n) is 2.69. The van der Waals surface area contributed by atoms with Crippen LogP contribution in [0.2, 0.25) is 0 Å². The molecule has 1 fully saturated rings. The molecule has 0 bridgehead atoms. The number of benzene rings is 1. The molecule has 1 saturated heterocycles. The van der Waals surface area contributed by atoms with E-state index in [2.05, 4.69) is 18.7 Å². The van der Waals surface area contributed by atoms with E-state index in [4.69, 9.17) is 9.84 Å². The van der Waals surface area contributed by atoms with E-state index in [1.54, 1.807) is 6.07 Å². The lowest BCUT2D eigenvalue weighted by molar-refractivity contribution is 0.0693. The molecular formula is C15H21NO3. The highest BCUT2D eigenvalue weighted by molar-refractivity contribution is 5.90. The van der Waals surface area contributed by atoms with E-state index in [9.17, 15) is 4.79 Å². The molecule has 0 saturated carbocycles. The number of rotatable bonds is 4. The van der Waals surface area contributed by atoms with E-state index in [0.29, 0.717) is 5.75 Å². The zero-order chi connectivity index (χ0) is 14.0. The lowest BCUT2D eigenvalue weighted by Gasteiger charge is -2.31. The molecule has 0 aliphatic carbocycles. The SMILES string of the molecule is COc1cc(CN2CCCC2(C)C)ccc1C(=O)O. The summed E-state index contributed by atoms with van der Waals surface area (Å²) in [5.41, 5.74) is 1.53. The Bertz CT molecular complexity index is 482. The highest BCUT2D eigenvalue weighted by atomic mass is 16.5. The third-order valence-corrected chi connectivity index (χ3v) is 3.94. The van der Waals surface area contributed by atoms with Gasteiger partial charge in [0.15, 0.2) is 0 Å². The normalized spacial score (nSPS) is 18.5. The van der Waals surface area contributed by atoms with Crippen molar-refractivity contribution >= 4 is 5.97 Å². The molecule has 1 aromatic carbocycles. The van der Waals surface area contributed by atoms with Crippen LogP contribution in [-0.4, -0.2) is 35.2 Å². The standard InChI is InChI=1S/C15H21NO3/c1-15(2)7-4-8-16(15)10-11-5-6-12(14(17)18)13(9-11)19-3/h5-6,9H,4,7-8,10H2,1-3H3,(H,17,18). The van der Waals surface area contributed by atoms with Crippen LogP contribution in [0.5, 0.6) is 5.75 Å². The number of likely N-dealkylation sites (tertiary alicyclic amines) is 1. The molecule has 1 N–H and O–H groups in total. The van der Waals surface area contributed by atoms with Crippen LogP contribution in [0.1, 0.15) is 42.6 Å². The Hall–Kier alpha value is -1.55. The minimum Gasteiger partial charge on any atom is -0.496 e. The lowest BCUT2D eigenvalue weighted by Crippen LogP contribution is -2.37. The van der Waals surface area contributed by atoms with Gasteiger partial charge in [-0.3, -0.25) is 4.90 Å². The summed E-state index contributed by atoms with van der Waals surface area (Å²) in [6.45, 7) is 6.44. The molecule has 4 nitrogen and oxygen atoms in total. The van der Waals surface area contributed by atoms with Gasteiger partial charge in [-0.25, -0.2) is 4.79 Å². The van der Waals surface area contributed by atoms with Gasteiger partial charge in [0, 0.05) is 12.1 Å². The molecule has 0 atom stereocenters. The number of ether oxygens (including phenoxy) is 1.